The van der Waals surface area contributed by atoms with Crippen molar-refractivity contribution in [1.29, 1.82) is 0 Å². The standard InChI is InChI=1S/C16H28N4O2S/c1-5-20(23(4,21)22)13-9-12-17-16(19(2)3)18-14-15-10-7-6-8-11-15/h6-8,10-11H,5,9,12-14H2,1-4H3,(H,17,18). The van der Waals surface area contributed by atoms with Crippen LogP contribution in [0.5, 0.6) is 0 Å². The number of sulfonamides is 1. The van der Waals surface area contributed by atoms with E-state index in [0.29, 0.717) is 26.2 Å². The Bertz CT molecular complexity index is 585. The maximum atomic E-state index is 11.5. The van der Waals surface area contributed by atoms with E-state index in [1.54, 1.807) is 0 Å². The van der Waals surface area contributed by atoms with Crippen LogP contribution in [-0.4, -0.2) is 63.6 Å². The van der Waals surface area contributed by atoms with Crippen LogP contribution in [0.15, 0.2) is 35.3 Å². The molecule has 7 heteroatoms. The van der Waals surface area contributed by atoms with Crippen molar-refractivity contribution in [1.82, 2.24) is 14.5 Å². The average Bonchev–Trinajstić information content (AvgIpc) is 2.49. The van der Waals surface area contributed by atoms with Gasteiger partial charge in [-0.05, 0) is 12.0 Å². The lowest BCUT2D eigenvalue weighted by molar-refractivity contribution is 0.422. The molecule has 0 aliphatic rings. The molecule has 130 valence electrons. The first kappa shape index (κ1) is 19.4. The summed E-state index contributed by atoms with van der Waals surface area (Å²) in [5, 5.41) is 3.27. The summed E-state index contributed by atoms with van der Waals surface area (Å²) < 4.78 is 24.5. The monoisotopic (exact) mass is 340 g/mol. The van der Waals surface area contributed by atoms with E-state index in [4.69, 9.17) is 0 Å². The molecule has 0 aliphatic carbocycles. The van der Waals surface area contributed by atoms with Gasteiger partial charge in [0.15, 0.2) is 5.96 Å². The molecule has 1 aromatic carbocycles. The third kappa shape index (κ3) is 7.47. The van der Waals surface area contributed by atoms with Gasteiger partial charge in [0.2, 0.25) is 10.0 Å². The van der Waals surface area contributed by atoms with Crippen LogP contribution in [0.4, 0.5) is 0 Å². The fourth-order valence-electron chi connectivity index (χ4n) is 2.12. The second-order valence-electron chi connectivity index (χ2n) is 5.55. The molecule has 0 atom stereocenters. The van der Waals surface area contributed by atoms with Crippen molar-refractivity contribution >= 4 is 16.0 Å². The molecule has 0 amide bonds. The molecule has 0 unspecified atom stereocenters. The van der Waals surface area contributed by atoms with Crippen molar-refractivity contribution < 1.29 is 8.42 Å². The summed E-state index contributed by atoms with van der Waals surface area (Å²) in [6, 6.07) is 10.1. The fourth-order valence-corrected chi connectivity index (χ4v) is 3.05. The zero-order chi connectivity index (χ0) is 17.3. The zero-order valence-corrected chi connectivity index (χ0v) is 15.3. The molecule has 1 rings (SSSR count). The van der Waals surface area contributed by atoms with E-state index in [-0.39, 0.29) is 0 Å². The van der Waals surface area contributed by atoms with Gasteiger partial charge in [-0.1, -0.05) is 37.3 Å². The number of nitrogens with zero attached hydrogens (tertiary/aromatic N) is 3. The van der Waals surface area contributed by atoms with E-state index in [1.807, 2.05) is 56.3 Å². The average molecular weight is 340 g/mol. The Labute approximate surface area is 140 Å². The summed E-state index contributed by atoms with van der Waals surface area (Å²) in [5.41, 5.74) is 1.16. The SMILES string of the molecule is CCN(CCCNC(=NCc1ccccc1)N(C)C)S(C)(=O)=O. The van der Waals surface area contributed by atoms with E-state index in [0.717, 1.165) is 17.9 Å². The Morgan fingerprint density at radius 1 is 1.22 bits per heavy atom. The van der Waals surface area contributed by atoms with Crippen molar-refractivity contribution in [2.75, 3.05) is 40.0 Å². The minimum Gasteiger partial charge on any atom is -0.356 e. The van der Waals surface area contributed by atoms with Gasteiger partial charge >= 0.3 is 0 Å². The lowest BCUT2D eigenvalue weighted by Gasteiger charge is -2.20. The summed E-state index contributed by atoms with van der Waals surface area (Å²) in [7, 11) is 0.759. The molecule has 0 radical (unpaired) electrons. The molecule has 23 heavy (non-hydrogen) atoms. The van der Waals surface area contributed by atoms with Gasteiger partial charge in [0, 0.05) is 33.7 Å². The predicted molar refractivity (Wildman–Crippen MR) is 96.0 cm³/mol. The van der Waals surface area contributed by atoms with Gasteiger partial charge in [0.1, 0.15) is 0 Å². The summed E-state index contributed by atoms with van der Waals surface area (Å²) in [4.78, 5) is 6.51. The minimum absolute atomic E-state index is 0.501. The predicted octanol–water partition coefficient (Wildman–Crippen LogP) is 1.37. The van der Waals surface area contributed by atoms with E-state index >= 15 is 0 Å². The van der Waals surface area contributed by atoms with Gasteiger partial charge in [0.25, 0.3) is 0 Å². The van der Waals surface area contributed by atoms with Crippen LogP contribution in [-0.2, 0) is 16.6 Å². The molecular formula is C16H28N4O2S. The van der Waals surface area contributed by atoms with Crippen LogP contribution in [0, 0.1) is 0 Å². The number of guanidine groups is 1. The zero-order valence-electron chi connectivity index (χ0n) is 14.5. The molecule has 0 saturated carbocycles. The van der Waals surface area contributed by atoms with Gasteiger partial charge < -0.3 is 10.2 Å². The van der Waals surface area contributed by atoms with Gasteiger partial charge in [0.05, 0.1) is 12.8 Å². The highest BCUT2D eigenvalue weighted by Gasteiger charge is 2.13. The minimum atomic E-state index is -3.11. The number of hydrogen-bond acceptors (Lipinski definition) is 3. The van der Waals surface area contributed by atoms with Crippen LogP contribution in [0.2, 0.25) is 0 Å². The Morgan fingerprint density at radius 2 is 1.87 bits per heavy atom. The maximum absolute atomic E-state index is 11.5. The van der Waals surface area contributed by atoms with E-state index in [1.165, 1.54) is 10.6 Å². The normalized spacial score (nSPS) is 12.5. The molecular weight excluding hydrogens is 312 g/mol. The van der Waals surface area contributed by atoms with E-state index in [9.17, 15) is 8.42 Å². The first-order valence-electron chi connectivity index (χ1n) is 7.79. The first-order chi connectivity index (χ1) is 10.8. The Morgan fingerprint density at radius 3 is 2.39 bits per heavy atom. The highest BCUT2D eigenvalue weighted by molar-refractivity contribution is 7.88. The Balaban J connectivity index is 2.48. The molecule has 0 heterocycles. The fraction of sp³-hybridized carbons (Fsp3) is 0.562. The van der Waals surface area contributed by atoms with Gasteiger partial charge in [-0.3, -0.25) is 0 Å². The molecule has 0 aromatic heterocycles. The Kier molecular flexibility index (Phi) is 8.05. The van der Waals surface area contributed by atoms with Crippen LogP contribution in [0.25, 0.3) is 0 Å². The summed E-state index contributed by atoms with van der Waals surface area (Å²) in [6.07, 6.45) is 1.98. The molecule has 0 saturated heterocycles. The number of benzene rings is 1. The van der Waals surface area contributed by atoms with E-state index in [2.05, 4.69) is 10.3 Å². The maximum Gasteiger partial charge on any atom is 0.211 e. The molecule has 0 spiro atoms. The van der Waals surface area contributed by atoms with Gasteiger partial charge in [-0.25, -0.2) is 17.7 Å². The van der Waals surface area contributed by atoms with Crippen LogP contribution >= 0.6 is 0 Å². The van der Waals surface area contributed by atoms with Crippen molar-refractivity contribution in [3.63, 3.8) is 0 Å². The number of nitrogens with one attached hydrogen (secondary N) is 1. The van der Waals surface area contributed by atoms with Crippen LogP contribution in [0.3, 0.4) is 0 Å². The van der Waals surface area contributed by atoms with Gasteiger partial charge in [-0.15, -0.1) is 0 Å². The van der Waals surface area contributed by atoms with Crippen molar-refractivity contribution in [3.05, 3.63) is 35.9 Å². The smallest absolute Gasteiger partial charge is 0.211 e. The Hall–Kier alpha value is -1.60. The first-order valence-corrected chi connectivity index (χ1v) is 9.64. The molecule has 0 bridgehead atoms. The number of aliphatic imine (C=N–C) groups is 1. The van der Waals surface area contributed by atoms with Crippen LogP contribution in [0.1, 0.15) is 18.9 Å². The highest BCUT2D eigenvalue weighted by Crippen LogP contribution is 2.01. The van der Waals surface area contributed by atoms with Crippen molar-refractivity contribution in [3.8, 4) is 0 Å². The lowest BCUT2D eigenvalue weighted by atomic mass is 10.2. The second kappa shape index (κ2) is 9.52. The highest BCUT2D eigenvalue weighted by atomic mass is 32.2. The topological polar surface area (TPSA) is 65.0 Å². The summed E-state index contributed by atoms with van der Waals surface area (Å²) >= 11 is 0. The largest absolute Gasteiger partial charge is 0.356 e. The number of rotatable bonds is 8. The molecule has 6 nitrogen and oxygen atoms in total. The second-order valence-corrected chi connectivity index (χ2v) is 7.54. The van der Waals surface area contributed by atoms with E-state index < -0.39 is 10.0 Å². The third-order valence-electron chi connectivity index (χ3n) is 3.37. The molecule has 0 aliphatic heterocycles. The quantitative estimate of drug-likeness (QED) is 0.441. The van der Waals surface area contributed by atoms with Crippen molar-refractivity contribution in [2.24, 2.45) is 4.99 Å². The molecule has 1 N–H and O–H groups in total. The van der Waals surface area contributed by atoms with Crippen LogP contribution < -0.4 is 5.32 Å². The summed E-state index contributed by atoms with van der Waals surface area (Å²) in [6.45, 7) is 4.16. The molecule has 0 fully saturated rings. The van der Waals surface area contributed by atoms with Gasteiger partial charge in [-0.2, -0.15) is 0 Å². The van der Waals surface area contributed by atoms with Crippen molar-refractivity contribution in [2.45, 2.75) is 19.9 Å². The molecule has 1 aromatic rings. The third-order valence-corrected chi connectivity index (χ3v) is 4.75. The lowest BCUT2D eigenvalue weighted by Crippen LogP contribution is -2.38. The number of hydrogen-bond donors (Lipinski definition) is 1. The summed E-state index contributed by atoms with van der Waals surface area (Å²) in [5.74, 6) is 0.802.